The molecule has 1 saturated heterocycles. The van der Waals surface area contributed by atoms with E-state index in [2.05, 4.69) is 10.00 Å². The van der Waals surface area contributed by atoms with Gasteiger partial charge in [0.15, 0.2) is 12.4 Å². The third-order valence-corrected chi connectivity index (χ3v) is 5.59. The van der Waals surface area contributed by atoms with Crippen LogP contribution in [0.25, 0.3) is 0 Å². The number of piperazine rings is 1. The van der Waals surface area contributed by atoms with E-state index in [1.165, 1.54) is 6.07 Å². The molecular weight excluding hydrogens is 442 g/mol. The summed E-state index contributed by atoms with van der Waals surface area (Å²) in [5.41, 5.74) is 1.30. The van der Waals surface area contributed by atoms with Crippen LogP contribution in [0.15, 0.2) is 54.7 Å². The molecule has 0 aliphatic carbocycles. The van der Waals surface area contributed by atoms with Crippen molar-refractivity contribution in [2.45, 2.75) is 13.3 Å². The zero-order valence-electron chi connectivity index (χ0n) is 16.7. The van der Waals surface area contributed by atoms with Gasteiger partial charge in [0.1, 0.15) is 11.6 Å². The third-order valence-electron chi connectivity index (χ3n) is 5.06. The first-order chi connectivity index (χ1) is 15.0. The van der Waals surface area contributed by atoms with E-state index in [9.17, 15) is 9.18 Å². The van der Waals surface area contributed by atoms with E-state index in [-0.39, 0.29) is 18.5 Å². The van der Waals surface area contributed by atoms with Crippen molar-refractivity contribution >= 4 is 29.1 Å². The predicted molar refractivity (Wildman–Crippen MR) is 117 cm³/mol. The van der Waals surface area contributed by atoms with Gasteiger partial charge in [0.05, 0.1) is 5.02 Å². The molecule has 0 saturated carbocycles. The van der Waals surface area contributed by atoms with Gasteiger partial charge in [-0.15, -0.1) is 0 Å². The smallest absolute Gasteiger partial charge is 0.274 e. The summed E-state index contributed by atoms with van der Waals surface area (Å²) < 4.78 is 20.6. The maximum atomic E-state index is 13.4. The van der Waals surface area contributed by atoms with Crippen molar-refractivity contribution in [1.82, 2.24) is 19.6 Å². The summed E-state index contributed by atoms with van der Waals surface area (Å²) in [5.74, 6) is 0.141. The van der Waals surface area contributed by atoms with Gasteiger partial charge in [-0.2, -0.15) is 5.10 Å². The lowest BCUT2D eigenvalue weighted by molar-refractivity contribution is 0.0620. The van der Waals surface area contributed by atoms with Crippen molar-refractivity contribution in [2.75, 3.05) is 26.2 Å². The molecule has 1 aliphatic heterocycles. The summed E-state index contributed by atoms with van der Waals surface area (Å²) in [7, 11) is 0. The van der Waals surface area contributed by atoms with Gasteiger partial charge in [-0.05, 0) is 42.0 Å². The van der Waals surface area contributed by atoms with E-state index in [1.54, 1.807) is 52.2 Å². The van der Waals surface area contributed by atoms with Gasteiger partial charge in [-0.1, -0.05) is 35.3 Å². The van der Waals surface area contributed by atoms with E-state index >= 15 is 0 Å². The molecule has 1 amide bonds. The molecule has 0 bridgehead atoms. The van der Waals surface area contributed by atoms with Crippen molar-refractivity contribution in [3.8, 4) is 5.75 Å². The number of carbonyl (C=O) groups excluding carboxylic acids is 1. The van der Waals surface area contributed by atoms with Gasteiger partial charge in [-0.25, -0.2) is 9.07 Å². The summed E-state index contributed by atoms with van der Waals surface area (Å²) in [4.78, 5) is 16.8. The largest absolute Gasteiger partial charge is 0.470 e. The Morgan fingerprint density at radius 1 is 1.06 bits per heavy atom. The number of rotatable bonds is 6. The van der Waals surface area contributed by atoms with Crippen LogP contribution >= 0.6 is 23.2 Å². The number of ether oxygens (including phenoxy) is 1. The lowest BCUT2D eigenvalue weighted by Gasteiger charge is -2.34. The number of aromatic nitrogens is 2. The minimum Gasteiger partial charge on any atom is -0.470 e. The zero-order chi connectivity index (χ0) is 21.8. The highest BCUT2D eigenvalue weighted by atomic mass is 35.5. The Labute approximate surface area is 189 Å². The standard InChI is InChI=1S/C22H21Cl2FN4O2/c23-17-4-5-21(19(24)13-17)31-15-29-7-6-20(26-29)22(30)28-10-8-27(9-11-28)14-16-2-1-3-18(25)12-16/h1-7,12-13H,8-11,14-15H2. The molecule has 2 heterocycles. The maximum absolute atomic E-state index is 13.4. The Bertz CT molecular complexity index is 1070. The number of hydrogen-bond donors (Lipinski definition) is 0. The van der Waals surface area contributed by atoms with Crippen LogP contribution in [-0.4, -0.2) is 51.7 Å². The lowest BCUT2D eigenvalue weighted by Crippen LogP contribution is -2.48. The molecule has 9 heteroatoms. The van der Waals surface area contributed by atoms with Crippen molar-refractivity contribution in [3.63, 3.8) is 0 Å². The van der Waals surface area contributed by atoms with Crippen LogP contribution in [-0.2, 0) is 13.3 Å². The molecule has 0 atom stereocenters. The summed E-state index contributed by atoms with van der Waals surface area (Å²) in [6.45, 7) is 3.42. The second-order valence-corrected chi connectivity index (χ2v) is 8.13. The summed E-state index contributed by atoms with van der Waals surface area (Å²) >= 11 is 12.0. The number of carbonyl (C=O) groups is 1. The second kappa shape index (κ2) is 9.68. The van der Waals surface area contributed by atoms with Crippen LogP contribution < -0.4 is 4.74 Å². The quantitative estimate of drug-likeness (QED) is 0.547. The highest BCUT2D eigenvalue weighted by Gasteiger charge is 2.23. The SMILES string of the molecule is O=C(c1ccn(COc2ccc(Cl)cc2Cl)n1)N1CCN(Cc2cccc(F)c2)CC1. The average molecular weight is 463 g/mol. The number of amides is 1. The minimum absolute atomic E-state index is 0.117. The average Bonchev–Trinajstić information content (AvgIpc) is 3.22. The molecule has 31 heavy (non-hydrogen) atoms. The van der Waals surface area contributed by atoms with E-state index in [4.69, 9.17) is 27.9 Å². The molecule has 1 fully saturated rings. The first-order valence-corrected chi connectivity index (χ1v) is 10.6. The third kappa shape index (κ3) is 5.55. The fourth-order valence-electron chi connectivity index (χ4n) is 3.44. The molecule has 0 spiro atoms. The second-order valence-electron chi connectivity index (χ2n) is 7.29. The first-order valence-electron chi connectivity index (χ1n) is 9.85. The molecule has 0 radical (unpaired) electrons. The molecular formula is C22H21Cl2FN4O2. The molecule has 3 aromatic rings. The van der Waals surface area contributed by atoms with Crippen LogP contribution in [0.2, 0.25) is 10.0 Å². The molecule has 4 rings (SSSR count). The van der Waals surface area contributed by atoms with E-state index in [1.807, 2.05) is 6.07 Å². The van der Waals surface area contributed by atoms with Crippen molar-refractivity contribution in [1.29, 1.82) is 0 Å². The Balaban J connectivity index is 1.29. The molecule has 0 unspecified atom stereocenters. The fraction of sp³-hybridized carbons (Fsp3) is 0.273. The van der Waals surface area contributed by atoms with Crippen LogP contribution in [0.3, 0.4) is 0 Å². The molecule has 6 nitrogen and oxygen atoms in total. The van der Waals surface area contributed by atoms with Gasteiger partial charge >= 0.3 is 0 Å². The number of nitrogens with zero attached hydrogens (tertiary/aromatic N) is 4. The van der Waals surface area contributed by atoms with Crippen molar-refractivity contribution in [2.24, 2.45) is 0 Å². The first kappa shape index (κ1) is 21.6. The predicted octanol–water partition coefficient (Wildman–Crippen LogP) is 4.32. The Morgan fingerprint density at radius 3 is 2.61 bits per heavy atom. The van der Waals surface area contributed by atoms with E-state index in [0.29, 0.717) is 41.1 Å². The topological polar surface area (TPSA) is 50.6 Å². The van der Waals surface area contributed by atoms with Crippen molar-refractivity contribution in [3.05, 3.63) is 81.8 Å². The Morgan fingerprint density at radius 2 is 1.87 bits per heavy atom. The number of benzene rings is 2. The fourth-order valence-corrected chi connectivity index (χ4v) is 3.90. The maximum Gasteiger partial charge on any atom is 0.274 e. The zero-order valence-corrected chi connectivity index (χ0v) is 18.2. The molecule has 2 aromatic carbocycles. The Kier molecular flexibility index (Phi) is 6.75. The van der Waals surface area contributed by atoms with Crippen LogP contribution in [0.5, 0.6) is 5.75 Å². The highest BCUT2D eigenvalue weighted by Crippen LogP contribution is 2.27. The normalized spacial score (nSPS) is 14.6. The summed E-state index contributed by atoms with van der Waals surface area (Å²) in [5, 5.41) is 5.26. The minimum atomic E-state index is -0.232. The van der Waals surface area contributed by atoms with Gasteiger partial charge in [-0.3, -0.25) is 9.69 Å². The Hall–Kier alpha value is -2.61. The molecule has 1 aromatic heterocycles. The van der Waals surface area contributed by atoms with Gasteiger partial charge in [0.2, 0.25) is 0 Å². The van der Waals surface area contributed by atoms with Gasteiger partial charge in [0, 0.05) is 43.9 Å². The van der Waals surface area contributed by atoms with E-state index < -0.39 is 0 Å². The lowest BCUT2D eigenvalue weighted by atomic mass is 10.2. The summed E-state index contributed by atoms with van der Waals surface area (Å²) in [6, 6.07) is 13.3. The van der Waals surface area contributed by atoms with Crippen molar-refractivity contribution < 1.29 is 13.9 Å². The van der Waals surface area contributed by atoms with Crippen LogP contribution in [0.1, 0.15) is 16.1 Å². The summed E-state index contributed by atoms with van der Waals surface area (Å²) in [6.07, 6.45) is 1.69. The molecule has 1 aliphatic rings. The van der Waals surface area contributed by atoms with Gasteiger partial charge in [0.25, 0.3) is 5.91 Å². The molecule has 0 N–H and O–H groups in total. The van der Waals surface area contributed by atoms with Crippen LogP contribution in [0, 0.1) is 5.82 Å². The number of halogens is 3. The van der Waals surface area contributed by atoms with Gasteiger partial charge < -0.3 is 9.64 Å². The highest BCUT2D eigenvalue weighted by molar-refractivity contribution is 6.35. The van der Waals surface area contributed by atoms with Crippen LogP contribution in [0.4, 0.5) is 4.39 Å². The molecule has 162 valence electrons. The number of hydrogen-bond acceptors (Lipinski definition) is 4. The monoisotopic (exact) mass is 462 g/mol. The van der Waals surface area contributed by atoms with E-state index in [0.717, 1.165) is 18.7 Å².